The Hall–Kier alpha value is -0.820. The molecule has 1 aliphatic rings. The van der Waals surface area contributed by atoms with Crippen LogP contribution in [0.5, 0.6) is 0 Å². The molecule has 1 aromatic carbocycles. The van der Waals surface area contributed by atoms with Crippen molar-refractivity contribution in [3.63, 3.8) is 0 Å². The second kappa shape index (κ2) is 4.80. The van der Waals surface area contributed by atoms with Crippen LogP contribution in [0.3, 0.4) is 0 Å². The highest BCUT2D eigenvalue weighted by molar-refractivity contribution is 5.26. The molecule has 1 unspecified atom stereocenters. The molecule has 1 atom stereocenters. The molecule has 0 saturated carbocycles. The molecule has 1 heteroatoms. The van der Waals surface area contributed by atoms with Crippen LogP contribution in [0, 0.1) is 5.92 Å². The van der Waals surface area contributed by atoms with E-state index in [1.165, 1.54) is 36.9 Å². The summed E-state index contributed by atoms with van der Waals surface area (Å²) in [6.45, 7) is 5.74. The second-order valence-electron chi connectivity index (χ2n) is 4.99. The largest absolute Gasteiger partial charge is 0.310 e. The Labute approximate surface area is 92.9 Å². The van der Waals surface area contributed by atoms with Gasteiger partial charge in [-0.25, -0.2) is 0 Å². The zero-order chi connectivity index (χ0) is 10.7. The molecule has 0 amide bonds. The van der Waals surface area contributed by atoms with E-state index in [1.807, 2.05) is 0 Å². The third-order valence-corrected chi connectivity index (χ3v) is 3.06. The van der Waals surface area contributed by atoms with Gasteiger partial charge in [0.2, 0.25) is 0 Å². The summed E-state index contributed by atoms with van der Waals surface area (Å²) in [5.74, 6) is 0.747. The van der Waals surface area contributed by atoms with Crippen LogP contribution >= 0.6 is 0 Å². The first-order valence-corrected chi connectivity index (χ1v) is 6.08. The summed E-state index contributed by atoms with van der Waals surface area (Å²) < 4.78 is 0. The van der Waals surface area contributed by atoms with Crippen LogP contribution in [-0.4, -0.2) is 6.54 Å². The van der Waals surface area contributed by atoms with Crippen LogP contribution in [0.25, 0.3) is 0 Å². The summed E-state index contributed by atoms with van der Waals surface area (Å²) in [6.07, 6.45) is 3.81. The molecule has 82 valence electrons. The first-order valence-electron chi connectivity index (χ1n) is 6.08. The highest BCUT2D eigenvalue weighted by Crippen LogP contribution is 2.24. The van der Waals surface area contributed by atoms with E-state index in [2.05, 4.69) is 43.4 Å². The molecule has 1 fully saturated rings. The molecule has 0 aliphatic carbocycles. The minimum atomic E-state index is 0.608. The molecule has 1 aromatic rings. The maximum atomic E-state index is 3.55. The zero-order valence-electron chi connectivity index (χ0n) is 9.79. The monoisotopic (exact) mass is 203 g/mol. The molecular weight excluding hydrogens is 182 g/mol. The van der Waals surface area contributed by atoms with E-state index in [0.29, 0.717) is 6.04 Å². The van der Waals surface area contributed by atoms with E-state index in [0.717, 1.165) is 5.92 Å². The van der Waals surface area contributed by atoms with Gasteiger partial charge in [-0.2, -0.15) is 0 Å². The summed E-state index contributed by atoms with van der Waals surface area (Å²) in [7, 11) is 0. The van der Waals surface area contributed by atoms with Crippen LogP contribution in [0.4, 0.5) is 0 Å². The molecule has 1 N–H and O–H groups in total. The minimum Gasteiger partial charge on any atom is -0.310 e. The molecule has 15 heavy (non-hydrogen) atoms. The standard InChI is InChI=1S/C14H21N/c1-11(2)9-12-5-3-6-13(10-12)14-7-4-8-15-14/h3,5-6,10-11,14-15H,4,7-9H2,1-2H3. The van der Waals surface area contributed by atoms with Gasteiger partial charge >= 0.3 is 0 Å². The lowest BCUT2D eigenvalue weighted by atomic mass is 9.98. The Morgan fingerprint density at radius 3 is 2.93 bits per heavy atom. The van der Waals surface area contributed by atoms with E-state index in [9.17, 15) is 0 Å². The number of hydrogen-bond donors (Lipinski definition) is 1. The van der Waals surface area contributed by atoms with Crippen molar-refractivity contribution in [3.05, 3.63) is 35.4 Å². The van der Waals surface area contributed by atoms with Crippen LogP contribution in [0.15, 0.2) is 24.3 Å². The second-order valence-corrected chi connectivity index (χ2v) is 4.99. The van der Waals surface area contributed by atoms with Gasteiger partial charge in [0.1, 0.15) is 0 Å². The van der Waals surface area contributed by atoms with Gasteiger partial charge in [-0.15, -0.1) is 0 Å². The summed E-state index contributed by atoms with van der Waals surface area (Å²) in [5.41, 5.74) is 2.96. The van der Waals surface area contributed by atoms with Gasteiger partial charge < -0.3 is 5.32 Å². The molecule has 1 aliphatic heterocycles. The van der Waals surface area contributed by atoms with E-state index in [4.69, 9.17) is 0 Å². The van der Waals surface area contributed by atoms with Gasteiger partial charge in [0.15, 0.2) is 0 Å². The maximum absolute atomic E-state index is 3.55. The molecule has 1 heterocycles. The van der Waals surface area contributed by atoms with Crippen molar-refractivity contribution in [2.45, 2.75) is 39.2 Å². The van der Waals surface area contributed by atoms with E-state index < -0.39 is 0 Å². The van der Waals surface area contributed by atoms with Crippen LogP contribution in [-0.2, 0) is 6.42 Å². The van der Waals surface area contributed by atoms with Crippen LogP contribution in [0.2, 0.25) is 0 Å². The molecule has 0 spiro atoms. The Bertz CT molecular complexity index is 311. The molecule has 1 nitrogen and oxygen atoms in total. The van der Waals surface area contributed by atoms with Crippen molar-refractivity contribution in [1.29, 1.82) is 0 Å². The number of hydrogen-bond acceptors (Lipinski definition) is 1. The summed E-state index contributed by atoms with van der Waals surface area (Å²) >= 11 is 0. The fourth-order valence-corrected chi connectivity index (χ4v) is 2.38. The fraction of sp³-hybridized carbons (Fsp3) is 0.571. The van der Waals surface area contributed by atoms with E-state index >= 15 is 0 Å². The predicted molar refractivity (Wildman–Crippen MR) is 65.0 cm³/mol. The van der Waals surface area contributed by atoms with Crippen LogP contribution < -0.4 is 5.32 Å². The summed E-state index contributed by atoms with van der Waals surface area (Å²) in [5, 5.41) is 3.55. The quantitative estimate of drug-likeness (QED) is 0.794. The number of benzene rings is 1. The smallest absolute Gasteiger partial charge is 0.0320 e. The molecule has 0 bridgehead atoms. The lowest BCUT2D eigenvalue weighted by molar-refractivity contribution is 0.632. The normalized spacial score (nSPS) is 21.1. The van der Waals surface area contributed by atoms with E-state index in [1.54, 1.807) is 0 Å². The van der Waals surface area contributed by atoms with Gasteiger partial charge in [-0.3, -0.25) is 0 Å². The third-order valence-electron chi connectivity index (χ3n) is 3.06. The topological polar surface area (TPSA) is 12.0 Å². The highest BCUT2D eigenvalue weighted by atomic mass is 14.9. The first kappa shape index (κ1) is 10.7. The molecule has 2 rings (SSSR count). The molecule has 1 saturated heterocycles. The van der Waals surface area contributed by atoms with Gasteiger partial charge in [-0.1, -0.05) is 38.1 Å². The Morgan fingerprint density at radius 2 is 2.27 bits per heavy atom. The molecular formula is C14H21N. The number of nitrogens with one attached hydrogen (secondary N) is 1. The highest BCUT2D eigenvalue weighted by Gasteiger charge is 2.15. The van der Waals surface area contributed by atoms with Gasteiger partial charge in [0.25, 0.3) is 0 Å². The van der Waals surface area contributed by atoms with Gasteiger partial charge in [0, 0.05) is 6.04 Å². The first-order chi connectivity index (χ1) is 7.25. The predicted octanol–water partition coefficient (Wildman–Crippen LogP) is 3.31. The zero-order valence-corrected chi connectivity index (χ0v) is 9.79. The average molecular weight is 203 g/mol. The van der Waals surface area contributed by atoms with Crippen LogP contribution in [0.1, 0.15) is 43.9 Å². The maximum Gasteiger partial charge on any atom is 0.0320 e. The average Bonchev–Trinajstić information content (AvgIpc) is 2.69. The van der Waals surface area contributed by atoms with Gasteiger partial charge in [-0.05, 0) is 42.9 Å². The minimum absolute atomic E-state index is 0.608. The van der Waals surface area contributed by atoms with Crippen molar-refractivity contribution in [1.82, 2.24) is 5.32 Å². The van der Waals surface area contributed by atoms with Crippen molar-refractivity contribution in [2.75, 3.05) is 6.54 Å². The number of rotatable bonds is 3. The summed E-state index contributed by atoms with van der Waals surface area (Å²) in [4.78, 5) is 0. The van der Waals surface area contributed by atoms with Crippen molar-refractivity contribution >= 4 is 0 Å². The molecule has 0 radical (unpaired) electrons. The Morgan fingerprint density at radius 1 is 1.40 bits per heavy atom. The fourth-order valence-electron chi connectivity index (χ4n) is 2.38. The lowest BCUT2D eigenvalue weighted by Gasteiger charge is -2.13. The van der Waals surface area contributed by atoms with E-state index in [-0.39, 0.29) is 0 Å². The Balaban J connectivity index is 2.11. The van der Waals surface area contributed by atoms with Crippen molar-refractivity contribution in [2.24, 2.45) is 5.92 Å². The Kier molecular flexibility index (Phi) is 3.42. The molecule has 0 aromatic heterocycles. The lowest BCUT2D eigenvalue weighted by Crippen LogP contribution is -2.13. The summed E-state index contributed by atoms with van der Waals surface area (Å²) in [6, 6.07) is 9.69. The van der Waals surface area contributed by atoms with Crippen molar-refractivity contribution in [3.8, 4) is 0 Å². The van der Waals surface area contributed by atoms with Gasteiger partial charge in [0.05, 0.1) is 0 Å². The SMILES string of the molecule is CC(C)Cc1cccc(C2CCCN2)c1. The van der Waals surface area contributed by atoms with Crippen molar-refractivity contribution < 1.29 is 0 Å². The third kappa shape index (κ3) is 2.82.